The number of rotatable bonds is 3. The second kappa shape index (κ2) is 7.09. The van der Waals surface area contributed by atoms with Crippen LogP contribution >= 0.6 is 15.9 Å². The molecule has 3 fully saturated rings. The van der Waals surface area contributed by atoms with Crippen molar-refractivity contribution in [2.24, 2.45) is 28.6 Å². The van der Waals surface area contributed by atoms with Crippen LogP contribution in [0.2, 0.25) is 0 Å². The molecule has 3 saturated carbocycles. The number of alkyl halides is 1. The molecule has 0 heterocycles. The molecule has 0 amide bonds. The van der Waals surface area contributed by atoms with E-state index in [4.69, 9.17) is 4.74 Å². The van der Waals surface area contributed by atoms with Crippen LogP contribution in [0.25, 0.3) is 0 Å². The summed E-state index contributed by atoms with van der Waals surface area (Å²) in [6.45, 7) is 6.60. The van der Waals surface area contributed by atoms with Crippen LogP contribution in [0.15, 0.2) is 23.8 Å². The van der Waals surface area contributed by atoms with E-state index in [9.17, 15) is 24.6 Å². The molecular formula is C24H31BrO6. The topological polar surface area (TPSA) is 101 Å². The normalized spacial score (nSPS) is 48.4. The molecule has 0 aromatic rings. The molecule has 0 radical (unpaired) electrons. The first-order chi connectivity index (χ1) is 14.3. The Labute approximate surface area is 191 Å². The lowest BCUT2D eigenvalue weighted by Gasteiger charge is -2.64. The Bertz CT molecular complexity index is 910. The van der Waals surface area contributed by atoms with Crippen molar-refractivity contribution in [3.8, 4) is 0 Å². The summed E-state index contributed by atoms with van der Waals surface area (Å²) in [6, 6.07) is 0. The summed E-state index contributed by atoms with van der Waals surface area (Å²) in [4.78, 5) is 36.4. The van der Waals surface area contributed by atoms with E-state index in [0.29, 0.717) is 6.42 Å². The van der Waals surface area contributed by atoms with Crippen molar-refractivity contribution in [1.82, 2.24) is 0 Å². The van der Waals surface area contributed by atoms with Gasteiger partial charge in [0.25, 0.3) is 0 Å². The SMILES string of the molecule is CC(=O)OCC(=O)C1(O)[C@@H](C)C[C@H]2[C@H]3CCC4=CC(=O)C=CC4(C)[C@@]3(Br)[C@@H](O)C[C@@]21C. The maximum atomic E-state index is 13.1. The zero-order valence-corrected chi connectivity index (χ0v) is 20.1. The number of aliphatic hydroxyl groups is 2. The number of hydrogen-bond donors (Lipinski definition) is 2. The maximum absolute atomic E-state index is 13.1. The summed E-state index contributed by atoms with van der Waals surface area (Å²) in [5, 5.41) is 23.3. The van der Waals surface area contributed by atoms with Crippen molar-refractivity contribution >= 4 is 33.5 Å². The molecule has 8 atom stereocenters. The summed E-state index contributed by atoms with van der Waals surface area (Å²) in [5.41, 5.74) is -2.05. The molecule has 0 aliphatic heterocycles. The first-order valence-corrected chi connectivity index (χ1v) is 11.8. The number of aliphatic hydroxyl groups excluding tert-OH is 1. The zero-order chi connectivity index (χ0) is 23.0. The van der Waals surface area contributed by atoms with Gasteiger partial charge in [0.1, 0.15) is 5.60 Å². The molecule has 0 spiro atoms. The lowest BCUT2D eigenvalue weighted by Crippen LogP contribution is -2.68. The van der Waals surface area contributed by atoms with Crippen molar-refractivity contribution < 1.29 is 29.3 Å². The number of ether oxygens (including phenoxy) is 1. The minimum Gasteiger partial charge on any atom is -0.458 e. The Morgan fingerprint density at radius 1 is 1.29 bits per heavy atom. The summed E-state index contributed by atoms with van der Waals surface area (Å²) < 4.78 is 4.24. The quantitative estimate of drug-likeness (QED) is 0.462. The third kappa shape index (κ3) is 2.78. The van der Waals surface area contributed by atoms with E-state index in [1.807, 2.05) is 19.9 Å². The Morgan fingerprint density at radius 3 is 2.61 bits per heavy atom. The van der Waals surface area contributed by atoms with Crippen molar-refractivity contribution in [3.63, 3.8) is 0 Å². The van der Waals surface area contributed by atoms with Crippen molar-refractivity contribution in [2.45, 2.75) is 69.4 Å². The van der Waals surface area contributed by atoms with Gasteiger partial charge in [-0.3, -0.25) is 14.4 Å². The van der Waals surface area contributed by atoms with Crippen LogP contribution < -0.4 is 0 Å². The van der Waals surface area contributed by atoms with Gasteiger partial charge in [0.15, 0.2) is 12.4 Å². The largest absolute Gasteiger partial charge is 0.458 e. The van der Waals surface area contributed by atoms with Crippen molar-refractivity contribution in [2.75, 3.05) is 6.61 Å². The number of hydrogen-bond acceptors (Lipinski definition) is 6. The standard InChI is InChI=1S/C24H31BrO6/c1-13-9-18-17-6-5-15-10-16(27)7-8-21(15,3)23(17,25)19(28)11-22(18,4)24(13,30)20(29)12-31-14(2)26/h7-8,10,13,17-19,28,30H,5-6,9,11-12H2,1-4H3/t13-,17+,18-,19-,21?,22-,23-,24?/m0/s1. The smallest absolute Gasteiger partial charge is 0.303 e. The highest BCUT2D eigenvalue weighted by molar-refractivity contribution is 9.10. The monoisotopic (exact) mass is 494 g/mol. The first-order valence-electron chi connectivity index (χ1n) is 11.0. The van der Waals surface area contributed by atoms with Crippen LogP contribution in [-0.4, -0.2) is 50.4 Å². The van der Waals surface area contributed by atoms with E-state index in [-0.39, 0.29) is 30.0 Å². The second-order valence-electron chi connectivity index (χ2n) is 10.4. The molecule has 4 aliphatic rings. The third-order valence-electron chi connectivity index (χ3n) is 9.05. The molecule has 2 unspecified atom stereocenters. The molecular weight excluding hydrogens is 464 g/mol. The number of allylic oxidation sites excluding steroid dienone is 4. The van der Waals surface area contributed by atoms with Gasteiger partial charge in [-0.2, -0.15) is 0 Å². The average molecular weight is 495 g/mol. The van der Waals surface area contributed by atoms with Crippen molar-refractivity contribution in [3.05, 3.63) is 23.8 Å². The predicted molar refractivity (Wildman–Crippen MR) is 117 cm³/mol. The highest BCUT2D eigenvalue weighted by Crippen LogP contribution is 2.71. The Hall–Kier alpha value is -1.31. The van der Waals surface area contributed by atoms with Gasteiger partial charge in [0, 0.05) is 17.8 Å². The molecule has 170 valence electrons. The number of carbonyl (C=O) groups is 3. The number of fused-ring (bicyclic) bond motifs is 5. The fourth-order valence-corrected chi connectivity index (χ4v) is 8.51. The number of carbonyl (C=O) groups excluding carboxylic acids is 3. The molecule has 4 rings (SSSR count). The van der Waals surface area contributed by atoms with Crippen LogP contribution in [0.4, 0.5) is 0 Å². The molecule has 0 aromatic heterocycles. The lowest BCUT2D eigenvalue weighted by atomic mass is 9.46. The molecule has 7 heteroatoms. The number of halogens is 1. The zero-order valence-electron chi connectivity index (χ0n) is 18.5. The molecule has 4 aliphatic carbocycles. The lowest BCUT2D eigenvalue weighted by molar-refractivity contribution is -0.181. The molecule has 0 aromatic carbocycles. The fraction of sp³-hybridized carbons (Fsp3) is 0.708. The Balaban J connectivity index is 1.76. The number of ketones is 2. The molecule has 31 heavy (non-hydrogen) atoms. The van der Waals surface area contributed by atoms with Crippen molar-refractivity contribution in [1.29, 1.82) is 0 Å². The van der Waals surface area contributed by atoms with Gasteiger partial charge in [-0.05, 0) is 55.6 Å². The molecule has 6 nitrogen and oxygen atoms in total. The summed E-state index contributed by atoms with van der Waals surface area (Å²) >= 11 is 3.97. The van der Waals surface area contributed by atoms with Crippen LogP contribution in [0.3, 0.4) is 0 Å². The van der Waals surface area contributed by atoms with E-state index < -0.39 is 45.2 Å². The molecule has 2 N–H and O–H groups in total. The van der Waals surface area contributed by atoms with Crippen LogP contribution in [0.1, 0.15) is 53.4 Å². The minimum atomic E-state index is -1.68. The number of esters is 1. The second-order valence-corrected chi connectivity index (χ2v) is 11.7. The summed E-state index contributed by atoms with van der Waals surface area (Å²) in [6.07, 6.45) is 6.70. The van der Waals surface area contributed by atoms with Gasteiger partial charge in [0.2, 0.25) is 5.78 Å². The van der Waals surface area contributed by atoms with E-state index in [1.165, 1.54) is 6.92 Å². The Kier molecular flexibility index (Phi) is 5.23. The first kappa shape index (κ1) is 22.9. The predicted octanol–water partition coefficient (Wildman–Crippen LogP) is 2.89. The molecule has 0 saturated heterocycles. The van der Waals surface area contributed by atoms with Gasteiger partial charge in [-0.15, -0.1) is 0 Å². The molecule has 0 bridgehead atoms. The van der Waals surface area contributed by atoms with E-state index in [1.54, 1.807) is 12.2 Å². The minimum absolute atomic E-state index is 0.000692. The number of Topliss-reactive ketones (excluding diaryl/α,β-unsaturated/α-hetero) is 1. The van der Waals surface area contributed by atoms with Gasteiger partial charge in [0.05, 0.1) is 10.4 Å². The van der Waals surface area contributed by atoms with Gasteiger partial charge in [-0.1, -0.05) is 48.4 Å². The average Bonchev–Trinajstić information content (AvgIpc) is 2.89. The van der Waals surface area contributed by atoms with Crippen LogP contribution in [0, 0.1) is 28.6 Å². The van der Waals surface area contributed by atoms with Gasteiger partial charge < -0.3 is 14.9 Å². The van der Waals surface area contributed by atoms with E-state index in [2.05, 4.69) is 22.9 Å². The summed E-state index contributed by atoms with van der Waals surface area (Å²) in [7, 11) is 0. The highest BCUT2D eigenvalue weighted by atomic mass is 79.9. The summed E-state index contributed by atoms with van der Waals surface area (Å²) in [5.74, 6) is -1.44. The third-order valence-corrected chi connectivity index (χ3v) is 11.0. The maximum Gasteiger partial charge on any atom is 0.303 e. The van der Waals surface area contributed by atoms with E-state index in [0.717, 1.165) is 18.4 Å². The Morgan fingerprint density at radius 2 is 1.97 bits per heavy atom. The van der Waals surface area contributed by atoms with Crippen LogP contribution in [-0.2, 0) is 19.1 Å². The highest BCUT2D eigenvalue weighted by Gasteiger charge is 2.74. The van der Waals surface area contributed by atoms with Gasteiger partial charge >= 0.3 is 5.97 Å². The van der Waals surface area contributed by atoms with E-state index >= 15 is 0 Å². The fourth-order valence-electron chi connectivity index (χ4n) is 7.42. The van der Waals surface area contributed by atoms with Gasteiger partial charge in [-0.25, -0.2) is 0 Å². The van der Waals surface area contributed by atoms with Crippen LogP contribution in [0.5, 0.6) is 0 Å².